The molecule has 8 rings (SSSR count). The maximum absolute atomic E-state index is 4.48. The average Bonchev–Trinajstić information content (AvgIpc) is 3.45. The summed E-state index contributed by atoms with van der Waals surface area (Å²) in [5, 5.41) is 0. The molecule has 234 valence electrons. The van der Waals surface area contributed by atoms with E-state index in [2.05, 4.69) is 168 Å². The molecule has 0 saturated carbocycles. The molecule has 0 N–H and O–H groups in total. The second-order valence-electron chi connectivity index (χ2n) is 15.6. The van der Waals surface area contributed by atoms with Crippen molar-refractivity contribution in [1.82, 2.24) is 0 Å². The van der Waals surface area contributed by atoms with Crippen molar-refractivity contribution in [3.05, 3.63) is 172 Å². The van der Waals surface area contributed by atoms with Gasteiger partial charge in [-0.05, 0) is 105 Å². The van der Waals surface area contributed by atoms with Crippen molar-refractivity contribution >= 4 is 16.8 Å². The van der Waals surface area contributed by atoms with Crippen molar-refractivity contribution in [2.24, 2.45) is 0 Å². The van der Waals surface area contributed by atoms with Gasteiger partial charge in [0.05, 0.1) is 0 Å². The minimum absolute atomic E-state index is 0.0500. The molecule has 0 atom stereocenters. The van der Waals surface area contributed by atoms with E-state index >= 15 is 0 Å². The van der Waals surface area contributed by atoms with Crippen LogP contribution in [0.3, 0.4) is 0 Å². The maximum atomic E-state index is 4.48. The molecular weight excluding hydrogens is 567 g/mol. The zero-order chi connectivity index (χ0) is 32.7. The number of allylic oxidation sites excluding steroid dienone is 9. The van der Waals surface area contributed by atoms with Crippen molar-refractivity contribution < 1.29 is 0 Å². The van der Waals surface area contributed by atoms with Crippen LogP contribution in [0.5, 0.6) is 0 Å². The summed E-state index contributed by atoms with van der Waals surface area (Å²) in [5.74, 6) is 0. The van der Waals surface area contributed by atoms with Crippen LogP contribution >= 0.6 is 0 Å². The van der Waals surface area contributed by atoms with Gasteiger partial charge in [-0.25, -0.2) is 0 Å². The molecule has 47 heavy (non-hydrogen) atoms. The van der Waals surface area contributed by atoms with Gasteiger partial charge in [-0.1, -0.05) is 145 Å². The minimum atomic E-state index is -0.108. The van der Waals surface area contributed by atoms with E-state index < -0.39 is 0 Å². The van der Waals surface area contributed by atoms with Crippen LogP contribution in [0.4, 0.5) is 5.69 Å². The van der Waals surface area contributed by atoms with Crippen LogP contribution in [0.15, 0.2) is 139 Å². The fraction of sp³-hybridized carbons (Fsp3) is 0.261. The fourth-order valence-corrected chi connectivity index (χ4v) is 9.03. The highest BCUT2D eigenvalue weighted by Gasteiger charge is 2.40. The van der Waals surface area contributed by atoms with Gasteiger partial charge in [0, 0.05) is 27.9 Å². The quantitative estimate of drug-likeness (QED) is 0.223. The van der Waals surface area contributed by atoms with Gasteiger partial charge >= 0.3 is 0 Å². The van der Waals surface area contributed by atoms with Crippen molar-refractivity contribution in [3.63, 3.8) is 0 Å². The summed E-state index contributed by atoms with van der Waals surface area (Å²) in [6, 6.07) is 34.1. The molecule has 0 aliphatic heterocycles. The normalized spacial score (nSPS) is 21.4. The highest BCUT2D eigenvalue weighted by Crippen LogP contribution is 2.54. The molecule has 0 saturated heterocycles. The van der Waals surface area contributed by atoms with Crippen molar-refractivity contribution in [3.8, 4) is 11.1 Å². The zero-order valence-electron chi connectivity index (χ0n) is 28.7. The Balaban J connectivity index is 1.33. The molecule has 0 heterocycles. The first-order valence-electron chi connectivity index (χ1n) is 17.2. The van der Waals surface area contributed by atoms with E-state index in [4.69, 9.17) is 0 Å². The van der Waals surface area contributed by atoms with Crippen LogP contribution in [-0.4, -0.2) is 0 Å². The van der Waals surface area contributed by atoms with E-state index in [-0.39, 0.29) is 16.2 Å². The van der Waals surface area contributed by atoms with Gasteiger partial charge in [-0.3, -0.25) is 0 Å². The molecule has 4 aliphatic rings. The Morgan fingerprint density at radius 2 is 1.21 bits per heavy atom. The van der Waals surface area contributed by atoms with E-state index in [9.17, 15) is 0 Å². The molecule has 4 aliphatic carbocycles. The molecule has 0 spiro atoms. The number of fused-ring (bicyclic) bond motifs is 6. The molecule has 1 nitrogen and oxygen atoms in total. The van der Waals surface area contributed by atoms with Crippen molar-refractivity contribution in [2.75, 3.05) is 4.90 Å². The molecule has 0 aromatic heterocycles. The minimum Gasteiger partial charge on any atom is -0.318 e. The standard InChI is InChI=1S/C46H45N/c1-30-15-14-16-33(29-44(2,3)39-20-11-8-17-34(30)39)47(31-24-26-42-38(27-31)36-19-10-13-22-41(36)45(42,4)5)32-23-25-37-35-18-9-12-21-40(35)46(6,7)43(37)28-32/h8-23,25,27-28H,1,24,26,29H2,2-7H3/b15-14-,33-16+. The van der Waals surface area contributed by atoms with Gasteiger partial charge in [0.2, 0.25) is 0 Å². The third-order valence-electron chi connectivity index (χ3n) is 11.5. The topological polar surface area (TPSA) is 3.24 Å². The number of rotatable bonds is 3. The highest BCUT2D eigenvalue weighted by molar-refractivity contribution is 5.89. The SMILES string of the molecule is C=C1/C=C\C=C(\N(C2=CC3=C(CC2)C(C)(C)c2ccccc23)c2ccc3c(c2)C(C)(C)c2ccccc2-3)CC(C)(C)c2ccccc21. The summed E-state index contributed by atoms with van der Waals surface area (Å²) in [5.41, 5.74) is 18.8. The summed E-state index contributed by atoms with van der Waals surface area (Å²) in [6.07, 6.45) is 12.2. The lowest BCUT2D eigenvalue weighted by molar-refractivity contribution is 0.512. The first-order chi connectivity index (χ1) is 22.5. The van der Waals surface area contributed by atoms with Crippen LogP contribution in [0, 0.1) is 0 Å². The summed E-state index contributed by atoms with van der Waals surface area (Å²) < 4.78 is 0. The molecule has 4 aromatic rings. The van der Waals surface area contributed by atoms with Crippen molar-refractivity contribution in [1.29, 1.82) is 0 Å². The van der Waals surface area contributed by atoms with Crippen LogP contribution in [0.1, 0.15) is 94.2 Å². The van der Waals surface area contributed by atoms with E-state index in [1.807, 2.05) is 0 Å². The smallest absolute Gasteiger partial charge is 0.0458 e. The highest BCUT2D eigenvalue weighted by atomic mass is 15.2. The van der Waals surface area contributed by atoms with Crippen molar-refractivity contribution in [2.45, 2.75) is 77.0 Å². The van der Waals surface area contributed by atoms with E-state index in [0.29, 0.717) is 0 Å². The van der Waals surface area contributed by atoms with Gasteiger partial charge in [0.15, 0.2) is 0 Å². The Labute approximate surface area is 281 Å². The molecule has 0 fully saturated rings. The second kappa shape index (κ2) is 10.4. The monoisotopic (exact) mass is 611 g/mol. The molecule has 0 unspecified atom stereocenters. The summed E-state index contributed by atoms with van der Waals surface area (Å²) in [7, 11) is 0. The molecule has 1 heteroatoms. The van der Waals surface area contributed by atoms with Gasteiger partial charge < -0.3 is 4.90 Å². The first kappa shape index (κ1) is 29.8. The molecule has 0 bridgehead atoms. The molecular formula is C46H45N. The van der Waals surface area contributed by atoms with E-state index in [0.717, 1.165) is 24.8 Å². The second-order valence-corrected chi connectivity index (χ2v) is 15.6. The van der Waals surface area contributed by atoms with Crippen LogP contribution in [-0.2, 0) is 16.2 Å². The predicted molar refractivity (Wildman–Crippen MR) is 201 cm³/mol. The van der Waals surface area contributed by atoms with Gasteiger partial charge in [-0.15, -0.1) is 0 Å². The Morgan fingerprint density at radius 3 is 1.96 bits per heavy atom. The summed E-state index contributed by atoms with van der Waals surface area (Å²) in [6.45, 7) is 18.8. The molecule has 4 aromatic carbocycles. The Bertz CT molecular complexity index is 2100. The van der Waals surface area contributed by atoms with E-state index in [1.54, 1.807) is 5.57 Å². The summed E-state index contributed by atoms with van der Waals surface area (Å²) in [4.78, 5) is 2.61. The number of hydrogen-bond donors (Lipinski definition) is 0. The number of anilines is 1. The lowest BCUT2D eigenvalue weighted by Gasteiger charge is -2.38. The van der Waals surface area contributed by atoms with E-state index in [1.165, 1.54) is 67.2 Å². The Morgan fingerprint density at radius 1 is 0.596 bits per heavy atom. The zero-order valence-corrected chi connectivity index (χ0v) is 28.7. The van der Waals surface area contributed by atoms with Gasteiger partial charge in [0.1, 0.15) is 0 Å². The Hall–Kier alpha value is -4.62. The average molecular weight is 612 g/mol. The number of benzene rings is 4. The van der Waals surface area contributed by atoms with Crippen LogP contribution < -0.4 is 4.90 Å². The number of nitrogens with zero attached hydrogens (tertiary/aromatic N) is 1. The summed E-state index contributed by atoms with van der Waals surface area (Å²) >= 11 is 0. The fourth-order valence-electron chi connectivity index (χ4n) is 9.03. The third kappa shape index (κ3) is 4.50. The molecule has 0 amide bonds. The predicted octanol–water partition coefficient (Wildman–Crippen LogP) is 12.1. The van der Waals surface area contributed by atoms with Crippen LogP contribution in [0.2, 0.25) is 0 Å². The molecule has 0 radical (unpaired) electrons. The third-order valence-corrected chi connectivity index (χ3v) is 11.5. The van der Waals surface area contributed by atoms with Crippen LogP contribution in [0.25, 0.3) is 22.3 Å². The lowest BCUT2D eigenvalue weighted by Crippen LogP contribution is -2.30. The van der Waals surface area contributed by atoms with Gasteiger partial charge in [0.25, 0.3) is 0 Å². The largest absolute Gasteiger partial charge is 0.318 e. The Kier molecular flexibility index (Phi) is 6.61. The maximum Gasteiger partial charge on any atom is 0.0458 e. The first-order valence-corrected chi connectivity index (χ1v) is 17.2. The number of hydrogen-bond acceptors (Lipinski definition) is 1. The lowest BCUT2D eigenvalue weighted by atomic mass is 9.76. The van der Waals surface area contributed by atoms with Gasteiger partial charge in [-0.2, -0.15) is 0 Å².